The second-order valence-electron chi connectivity index (χ2n) is 2.70. The molecule has 0 fully saturated rings. The normalized spacial score (nSPS) is 10.2. The van der Waals surface area contributed by atoms with Crippen LogP contribution in [0.25, 0.3) is 0 Å². The van der Waals surface area contributed by atoms with Gasteiger partial charge >= 0.3 is 0 Å². The summed E-state index contributed by atoms with van der Waals surface area (Å²) in [5, 5.41) is 6.95. The van der Waals surface area contributed by atoms with Crippen molar-refractivity contribution in [3.8, 4) is 0 Å². The predicted octanol–water partition coefficient (Wildman–Crippen LogP) is 1.63. The van der Waals surface area contributed by atoms with Gasteiger partial charge in [-0.15, -0.1) is 0 Å². The number of carbonyl (C=O) groups is 1. The van der Waals surface area contributed by atoms with Crippen LogP contribution in [0.1, 0.15) is 16.9 Å². The van der Waals surface area contributed by atoms with Gasteiger partial charge in [0, 0.05) is 20.0 Å². The average Bonchev–Trinajstić information content (AvgIpc) is 2.56. The lowest BCUT2D eigenvalue weighted by atomic mass is 10.2. The fraction of sp³-hybridized carbons (Fsp3) is 0.500. The van der Waals surface area contributed by atoms with Crippen LogP contribution in [0.3, 0.4) is 0 Å². The van der Waals surface area contributed by atoms with E-state index in [1.54, 1.807) is 14.1 Å². The van der Waals surface area contributed by atoms with Gasteiger partial charge < -0.3 is 10.6 Å². The number of nitrogens with one attached hydrogen (secondary N) is 2. The zero-order valence-electron chi connectivity index (χ0n) is 8.06. The molecule has 0 radical (unpaired) electrons. The van der Waals surface area contributed by atoms with Gasteiger partial charge in [0.2, 0.25) is 0 Å². The van der Waals surface area contributed by atoms with Crippen molar-refractivity contribution in [3.63, 3.8) is 0 Å². The maximum Gasteiger partial charge on any atom is 0.185 e. The van der Waals surface area contributed by atoms with E-state index in [0.29, 0.717) is 23.7 Å². The summed E-state index contributed by atoms with van der Waals surface area (Å²) < 4.78 is 4.01. The van der Waals surface area contributed by atoms with Crippen molar-refractivity contribution in [2.24, 2.45) is 0 Å². The van der Waals surface area contributed by atoms with Gasteiger partial charge in [0.05, 0.1) is 0 Å². The lowest BCUT2D eigenvalue weighted by molar-refractivity contribution is 0.0979. The standard InChI is InChI=1S/C8H12ClN3OS/c1-10-4-3-5(13)7-6(9)8(11-2)14-12-7/h10-11H,3-4H2,1-2H3. The number of nitrogens with zero attached hydrogens (tertiary/aromatic N) is 1. The van der Waals surface area contributed by atoms with Gasteiger partial charge in [0.15, 0.2) is 5.78 Å². The molecule has 0 saturated carbocycles. The summed E-state index contributed by atoms with van der Waals surface area (Å²) in [5.74, 6) is -0.0258. The van der Waals surface area contributed by atoms with Crippen molar-refractivity contribution in [1.82, 2.24) is 9.69 Å². The van der Waals surface area contributed by atoms with Gasteiger partial charge in [-0.1, -0.05) is 11.6 Å². The molecule has 78 valence electrons. The summed E-state index contributed by atoms with van der Waals surface area (Å²) in [7, 11) is 3.55. The van der Waals surface area contributed by atoms with Gasteiger partial charge in [-0.05, 0) is 18.6 Å². The molecule has 6 heteroatoms. The third-order valence-electron chi connectivity index (χ3n) is 1.73. The van der Waals surface area contributed by atoms with Crippen LogP contribution in [0.4, 0.5) is 5.00 Å². The molecule has 0 unspecified atom stereocenters. The van der Waals surface area contributed by atoms with Crippen molar-refractivity contribution in [1.29, 1.82) is 0 Å². The third kappa shape index (κ3) is 2.43. The van der Waals surface area contributed by atoms with Crippen LogP contribution in [0.2, 0.25) is 5.02 Å². The highest BCUT2D eigenvalue weighted by Crippen LogP contribution is 2.30. The topological polar surface area (TPSA) is 54.0 Å². The van der Waals surface area contributed by atoms with E-state index < -0.39 is 0 Å². The van der Waals surface area contributed by atoms with E-state index in [2.05, 4.69) is 15.0 Å². The van der Waals surface area contributed by atoms with Gasteiger partial charge in [-0.3, -0.25) is 4.79 Å². The average molecular weight is 234 g/mol. The second kappa shape index (κ2) is 5.29. The molecular weight excluding hydrogens is 222 g/mol. The number of carbonyl (C=O) groups excluding carboxylic acids is 1. The number of anilines is 1. The van der Waals surface area contributed by atoms with Crippen LogP contribution in [0, 0.1) is 0 Å². The molecule has 1 heterocycles. The van der Waals surface area contributed by atoms with Crippen molar-refractivity contribution >= 4 is 33.9 Å². The summed E-state index contributed by atoms with van der Waals surface area (Å²) in [5.41, 5.74) is 0.372. The predicted molar refractivity (Wildman–Crippen MR) is 59.5 cm³/mol. The highest BCUT2D eigenvalue weighted by atomic mass is 35.5. The molecule has 0 amide bonds. The van der Waals surface area contributed by atoms with Gasteiger partial charge in [0.25, 0.3) is 0 Å². The monoisotopic (exact) mass is 233 g/mol. The van der Waals surface area contributed by atoms with Gasteiger partial charge in [0.1, 0.15) is 15.7 Å². The Kier molecular flexibility index (Phi) is 4.31. The molecule has 1 aromatic rings. The van der Waals surface area contributed by atoms with E-state index in [0.717, 1.165) is 5.00 Å². The Morgan fingerprint density at radius 3 is 2.79 bits per heavy atom. The zero-order valence-corrected chi connectivity index (χ0v) is 9.63. The minimum absolute atomic E-state index is 0.0258. The Balaban J connectivity index is 2.75. The van der Waals surface area contributed by atoms with Crippen molar-refractivity contribution in [3.05, 3.63) is 10.7 Å². The molecule has 0 saturated heterocycles. The molecular formula is C8H12ClN3OS. The molecule has 0 spiro atoms. The maximum absolute atomic E-state index is 11.5. The van der Waals surface area contributed by atoms with Crippen LogP contribution in [0.15, 0.2) is 0 Å². The Labute approximate surface area is 91.8 Å². The van der Waals surface area contributed by atoms with Gasteiger partial charge in [-0.25, -0.2) is 0 Å². The lowest BCUT2D eigenvalue weighted by Gasteiger charge is -1.97. The summed E-state index contributed by atoms with van der Waals surface area (Å²) in [4.78, 5) is 11.5. The Morgan fingerprint density at radius 1 is 1.57 bits per heavy atom. The van der Waals surface area contributed by atoms with E-state index in [-0.39, 0.29) is 5.78 Å². The van der Waals surface area contributed by atoms with Crippen LogP contribution in [0.5, 0.6) is 0 Å². The number of hydrogen-bond donors (Lipinski definition) is 2. The summed E-state index contributed by atoms with van der Waals surface area (Å²) in [6, 6.07) is 0. The van der Waals surface area contributed by atoms with Crippen molar-refractivity contribution in [2.45, 2.75) is 6.42 Å². The SMILES string of the molecule is CNCCC(=O)c1nsc(NC)c1Cl. The van der Waals surface area contributed by atoms with E-state index in [4.69, 9.17) is 11.6 Å². The number of Topliss-reactive ketones (excluding diaryl/α,β-unsaturated/α-hetero) is 1. The van der Waals surface area contributed by atoms with Gasteiger partial charge in [-0.2, -0.15) is 4.37 Å². The van der Waals surface area contributed by atoms with E-state index in [1.807, 2.05) is 0 Å². The number of aromatic nitrogens is 1. The number of halogens is 1. The minimum atomic E-state index is -0.0258. The van der Waals surface area contributed by atoms with Crippen LogP contribution >= 0.6 is 23.1 Å². The number of ketones is 1. The quantitative estimate of drug-likeness (QED) is 0.760. The van der Waals surface area contributed by atoms with E-state index >= 15 is 0 Å². The molecule has 1 rings (SSSR count). The Hall–Kier alpha value is -0.650. The molecule has 0 bridgehead atoms. The summed E-state index contributed by atoms with van der Waals surface area (Å²) in [6.45, 7) is 0.640. The molecule has 0 aliphatic rings. The summed E-state index contributed by atoms with van der Waals surface area (Å²) >= 11 is 7.15. The van der Waals surface area contributed by atoms with Crippen LogP contribution in [-0.2, 0) is 0 Å². The smallest absolute Gasteiger partial charge is 0.185 e. The summed E-state index contributed by atoms with van der Waals surface area (Å²) in [6.07, 6.45) is 0.420. The molecule has 4 nitrogen and oxygen atoms in total. The Bertz CT molecular complexity index is 326. The molecule has 14 heavy (non-hydrogen) atoms. The minimum Gasteiger partial charge on any atom is -0.377 e. The largest absolute Gasteiger partial charge is 0.377 e. The zero-order chi connectivity index (χ0) is 10.6. The fourth-order valence-electron chi connectivity index (χ4n) is 0.965. The highest BCUT2D eigenvalue weighted by Gasteiger charge is 2.16. The van der Waals surface area contributed by atoms with E-state index in [9.17, 15) is 4.79 Å². The van der Waals surface area contributed by atoms with Crippen molar-refractivity contribution in [2.75, 3.05) is 26.0 Å². The molecule has 0 aromatic carbocycles. The lowest BCUT2D eigenvalue weighted by Crippen LogP contribution is -2.13. The molecule has 0 aliphatic heterocycles. The molecule has 1 aromatic heterocycles. The first kappa shape index (κ1) is 11.4. The van der Waals surface area contributed by atoms with Crippen LogP contribution in [-0.4, -0.2) is 30.8 Å². The number of rotatable bonds is 5. The third-order valence-corrected chi connectivity index (χ3v) is 3.07. The Morgan fingerprint density at radius 2 is 2.29 bits per heavy atom. The second-order valence-corrected chi connectivity index (χ2v) is 3.85. The fourth-order valence-corrected chi connectivity index (χ4v) is 2.00. The molecule has 0 atom stereocenters. The first-order valence-corrected chi connectivity index (χ1v) is 5.36. The maximum atomic E-state index is 11.5. The number of hydrogen-bond acceptors (Lipinski definition) is 5. The first-order valence-electron chi connectivity index (χ1n) is 4.21. The first-order chi connectivity index (χ1) is 6.70. The van der Waals surface area contributed by atoms with Crippen molar-refractivity contribution < 1.29 is 4.79 Å². The van der Waals surface area contributed by atoms with Crippen LogP contribution < -0.4 is 10.6 Å². The highest BCUT2D eigenvalue weighted by molar-refractivity contribution is 7.11. The molecule has 0 aliphatic carbocycles. The van der Waals surface area contributed by atoms with E-state index in [1.165, 1.54) is 11.5 Å². The molecule has 2 N–H and O–H groups in total.